The lowest BCUT2D eigenvalue weighted by atomic mass is 10.3. The molecule has 1 unspecified atom stereocenters. The molecule has 0 saturated carbocycles. The first-order valence-electron chi connectivity index (χ1n) is 6.76. The third-order valence-electron chi connectivity index (χ3n) is 2.50. The fourth-order valence-electron chi connectivity index (χ4n) is 1.66. The fraction of sp³-hybridized carbons (Fsp3) is 0.923. The van der Waals surface area contributed by atoms with Crippen LogP contribution in [0.5, 0.6) is 0 Å². The first kappa shape index (κ1) is 17.6. The van der Waals surface area contributed by atoms with E-state index in [1.165, 1.54) is 31.4 Å². The van der Waals surface area contributed by atoms with Gasteiger partial charge in [0.2, 0.25) is 0 Å². The zero-order valence-corrected chi connectivity index (χ0v) is 14.1. The number of unbranched alkanes of at least 4 members (excludes halogenated alkanes) is 1. The molecule has 0 aromatic rings. The van der Waals surface area contributed by atoms with Gasteiger partial charge < -0.3 is 4.90 Å². The van der Waals surface area contributed by atoms with Crippen LogP contribution in [0.25, 0.3) is 0 Å². The largest absolute Gasteiger partial charge is 0.346 e. The highest BCUT2D eigenvalue weighted by atomic mass is 32.2. The summed E-state index contributed by atoms with van der Waals surface area (Å²) in [6.07, 6.45) is 4.97. The molecule has 1 nitrogen and oxygen atoms in total. The molecule has 0 heterocycles. The van der Waals surface area contributed by atoms with Crippen molar-refractivity contribution in [1.82, 2.24) is 4.90 Å². The molecule has 0 aliphatic heterocycles. The lowest BCUT2D eigenvalue weighted by Crippen LogP contribution is -2.37. The van der Waals surface area contributed by atoms with E-state index in [0.717, 1.165) is 16.6 Å². The van der Waals surface area contributed by atoms with Crippen LogP contribution in [-0.2, 0) is 0 Å². The van der Waals surface area contributed by atoms with Crippen molar-refractivity contribution < 1.29 is 0 Å². The van der Waals surface area contributed by atoms with Crippen LogP contribution in [0.15, 0.2) is 0 Å². The number of nitrogens with zero attached hydrogens (tertiary/aromatic N) is 1. The van der Waals surface area contributed by atoms with Gasteiger partial charge in [0.1, 0.15) is 4.32 Å². The normalized spacial score (nSPS) is 12.5. The summed E-state index contributed by atoms with van der Waals surface area (Å²) in [4.78, 5) is 2.46. The van der Waals surface area contributed by atoms with Crippen molar-refractivity contribution in [2.24, 2.45) is 0 Å². The van der Waals surface area contributed by atoms with Gasteiger partial charge in [-0.1, -0.05) is 64.5 Å². The quantitative estimate of drug-likeness (QED) is 0.434. The van der Waals surface area contributed by atoms with E-state index in [9.17, 15) is 0 Å². The molecule has 102 valence electrons. The lowest BCUT2D eigenvalue weighted by Gasteiger charge is -2.33. The summed E-state index contributed by atoms with van der Waals surface area (Å²) in [5, 5.41) is 0.586. The topological polar surface area (TPSA) is 3.24 Å². The fourth-order valence-corrected chi connectivity index (χ4v) is 4.17. The number of thioether (sulfide) groups is 2. The van der Waals surface area contributed by atoms with Crippen LogP contribution >= 0.6 is 35.7 Å². The Bertz CT molecular complexity index is 191. The van der Waals surface area contributed by atoms with Gasteiger partial charge in [-0.15, -0.1) is 11.8 Å². The van der Waals surface area contributed by atoms with Gasteiger partial charge in [-0.3, -0.25) is 0 Å². The predicted molar refractivity (Wildman–Crippen MR) is 89.2 cm³/mol. The molecule has 0 N–H and O–H groups in total. The number of thiocarbonyl (C=S) groups is 1. The molecular formula is C13H27NS3. The maximum absolute atomic E-state index is 5.57. The summed E-state index contributed by atoms with van der Waals surface area (Å²) < 4.78 is 1.10. The summed E-state index contributed by atoms with van der Waals surface area (Å²) in [6, 6.07) is 0. The molecule has 0 saturated heterocycles. The van der Waals surface area contributed by atoms with Crippen LogP contribution in [0.2, 0.25) is 0 Å². The molecule has 0 radical (unpaired) electrons. The highest BCUT2D eigenvalue weighted by molar-refractivity contribution is 8.22. The van der Waals surface area contributed by atoms with Crippen LogP contribution in [0.4, 0.5) is 0 Å². The molecule has 0 aromatic heterocycles. The van der Waals surface area contributed by atoms with E-state index in [1.54, 1.807) is 0 Å². The molecule has 0 aliphatic carbocycles. The standard InChI is InChI=1S/C13H27NS3/c1-5-9-11-14(13(15)17-8-4)12(10-6-2)16-7-3/h12H,5-11H2,1-4H3. The van der Waals surface area contributed by atoms with E-state index in [2.05, 4.69) is 32.6 Å². The summed E-state index contributed by atoms with van der Waals surface area (Å²) in [6.45, 7) is 10.0. The smallest absolute Gasteiger partial charge is 0.137 e. The van der Waals surface area contributed by atoms with E-state index in [0.29, 0.717) is 5.37 Å². The Kier molecular flexibility index (Phi) is 12.1. The summed E-state index contributed by atoms with van der Waals surface area (Å²) in [7, 11) is 0. The highest BCUT2D eigenvalue weighted by Crippen LogP contribution is 2.25. The molecule has 4 heteroatoms. The van der Waals surface area contributed by atoms with Gasteiger partial charge in [0.25, 0.3) is 0 Å². The van der Waals surface area contributed by atoms with Crippen molar-refractivity contribution in [3.63, 3.8) is 0 Å². The van der Waals surface area contributed by atoms with Crippen LogP contribution < -0.4 is 0 Å². The first-order valence-corrected chi connectivity index (χ1v) is 9.20. The minimum Gasteiger partial charge on any atom is -0.346 e. The minimum absolute atomic E-state index is 0.586. The summed E-state index contributed by atoms with van der Waals surface area (Å²) in [5.74, 6) is 2.25. The third-order valence-corrected chi connectivity index (χ3v) is 5.06. The van der Waals surface area contributed by atoms with E-state index in [4.69, 9.17) is 12.2 Å². The predicted octanol–water partition coefficient (Wildman–Crippen LogP) is 5.01. The van der Waals surface area contributed by atoms with Crippen molar-refractivity contribution in [3.05, 3.63) is 0 Å². The second-order valence-electron chi connectivity index (χ2n) is 3.94. The molecule has 0 aliphatic rings. The first-order chi connectivity index (χ1) is 8.21. The molecule has 0 aromatic carbocycles. The van der Waals surface area contributed by atoms with E-state index in [-0.39, 0.29) is 0 Å². The zero-order chi connectivity index (χ0) is 13.1. The van der Waals surface area contributed by atoms with Gasteiger partial charge in [0.05, 0.1) is 5.37 Å². The van der Waals surface area contributed by atoms with E-state index in [1.807, 2.05) is 23.5 Å². The molecule has 17 heavy (non-hydrogen) atoms. The average Bonchev–Trinajstić information content (AvgIpc) is 2.30. The highest BCUT2D eigenvalue weighted by Gasteiger charge is 2.19. The van der Waals surface area contributed by atoms with Gasteiger partial charge in [-0.2, -0.15) is 0 Å². The Labute approximate surface area is 121 Å². The molecule has 0 spiro atoms. The van der Waals surface area contributed by atoms with Crippen molar-refractivity contribution in [3.8, 4) is 0 Å². The van der Waals surface area contributed by atoms with E-state index >= 15 is 0 Å². The monoisotopic (exact) mass is 293 g/mol. The van der Waals surface area contributed by atoms with Crippen LogP contribution in [0, 0.1) is 0 Å². The number of hydrogen-bond donors (Lipinski definition) is 0. The maximum Gasteiger partial charge on any atom is 0.137 e. The molecule has 0 amide bonds. The van der Waals surface area contributed by atoms with Gasteiger partial charge in [-0.05, 0) is 24.3 Å². The average molecular weight is 294 g/mol. The van der Waals surface area contributed by atoms with Crippen LogP contribution in [0.3, 0.4) is 0 Å². The lowest BCUT2D eigenvalue weighted by molar-refractivity contribution is 0.381. The number of hydrogen-bond acceptors (Lipinski definition) is 3. The van der Waals surface area contributed by atoms with Gasteiger partial charge in [0, 0.05) is 6.54 Å². The summed E-state index contributed by atoms with van der Waals surface area (Å²) >= 11 is 9.42. The minimum atomic E-state index is 0.586. The molecule has 1 atom stereocenters. The second kappa shape index (κ2) is 11.7. The van der Waals surface area contributed by atoms with Crippen LogP contribution in [0.1, 0.15) is 53.4 Å². The zero-order valence-electron chi connectivity index (χ0n) is 11.7. The Balaban J connectivity index is 4.52. The Morgan fingerprint density at radius 1 is 1.12 bits per heavy atom. The molecule has 0 rings (SSSR count). The Morgan fingerprint density at radius 3 is 2.29 bits per heavy atom. The van der Waals surface area contributed by atoms with Crippen molar-refractivity contribution in [1.29, 1.82) is 0 Å². The van der Waals surface area contributed by atoms with Crippen LogP contribution in [-0.4, -0.2) is 32.6 Å². The maximum atomic E-state index is 5.57. The second-order valence-corrected chi connectivity index (χ2v) is 7.30. The van der Waals surface area contributed by atoms with Crippen molar-refractivity contribution >= 4 is 40.1 Å². The Morgan fingerprint density at radius 2 is 1.82 bits per heavy atom. The number of rotatable bonds is 9. The van der Waals surface area contributed by atoms with E-state index < -0.39 is 0 Å². The van der Waals surface area contributed by atoms with Gasteiger partial charge in [-0.25, -0.2) is 0 Å². The molecule has 0 bridgehead atoms. The Hall–Kier alpha value is 0.590. The molecular weight excluding hydrogens is 266 g/mol. The molecule has 0 fully saturated rings. The third kappa shape index (κ3) is 7.58. The van der Waals surface area contributed by atoms with Gasteiger partial charge in [0.15, 0.2) is 0 Å². The summed E-state index contributed by atoms with van der Waals surface area (Å²) in [5.41, 5.74) is 0. The van der Waals surface area contributed by atoms with Gasteiger partial charge >= 0.3 is 0 Å². The SMILES string of the molecule is CCCCN(C(=S)SCC)C(CCC)SCC. The van der Waals surface area contributed by atoms with Crippen molar-refractivity contribution in [2.45, 2.75) is 58.8 Å². The van der Waals surface area contributed by atoms with Crippen molar-refractivity contribution in [2.75, 3.05) is 18.1 Å².